The lowest BCUT2D eigenvalue weighted by Gasteiger charge is -2.12. The Kier molecular flexibility index (Phi) is 3.92. The van der Waals surface area contributed by atoms with E-state index in [9.17, 15) is 10.4 Å². The van der Waals surface area contributed by atoms with Crippen LogP contribution in [0.3, 0.4) is 0 Å². The second-order valence-electron chi connectivity index (χ2n) is 5.42. The fourth-order valence-corrected chi connectivity index (χ4v) is 2.61. The van der Waals surface area contributed by atoms with Crippen molar-refractivity contribution in [1.29, 1.82) is 5.26 Å². The summed E-state index contributed by atoms with van der Waals surface area (Å²) in [5, 5.41) is 22.9. The average molecular weight is 320 g/mol. The third-order valence-corrected chi connectivity index (χ3v) is 3.89. The van der Waals surface area contributed by atoms with Gasteiger partial charge >= 0.3 is 0 Å². The first-order chi connectivity index (χ1) is 11.5. The lowest BCUT2D eigenvalue weighted by molar-refractivity contribution is 0.424. The zero-order valence-corrected chi connectivity index (χ0v) is 13.4. The molecule has 0 saturated carbocycles. The minimum atomic E-state index is 0.135. The SMILES string of the molecule is CCc1cc(-c2c(C)c(-c3ccc(O)cc3)nc(N)c2C#N)on1. The van der Waals surface area contributed by atoms with Crippen LogP contribution in [0, 0.1) is 18.3 Å². The summed E-state index contributed by atoms with van der Waals surface area (Å²) in [6.45, 7) is 3.83. The summed E-state index contributed by atoms with van der Waals surface area (Å²) in [5.41, 5.74) is 9.86. The summed E-state index contributed by atoms with van der Waals surface area (Å²) in [6, 6.07) is 10.6. The van der Waals surface area contributed by atoms with Gasteiger partial charge in [-0.05, 0) is 43.2 Å². The van der Waals surface area contributed by atoms with Gasteiger partial charge in [0.2, 0.25) is 0 Å². The maximum atomic E-state index is 9.48. The van der Waals surface area contributed by atoms with Crippen molar-refractivity contribution < 1.29 is 9.63 Å². The average Bonchev–Trinajstić information content (AvgIpc) is 3.05. The predicted octanol–water partition coefficient (Wildman–Crippen LogP) is 3.43. The van der Waals surface area contributed by atoms with Gasteiger partial charge in [-0.3, -0.25) is 0 Å². The van der Waals surface area contributed by atoms with Crippen LogP contribution in [0.4, 0.5) is 5.82 Å². The Morgan fingerprint density at radius 2 is 2.00 bits per heavy atom. The monoisotopic (exact) mass is 320 g/mol. The maximum Gasteiger partial charge on any atom is 0.168 e. The van der Waals surface area contributed by atoms with Gasteiger partial charge in [0.15, 0.2) is 5.76 Å². The number of nitriles is 1. The first-order valence-electron chi connectivity index (χ1n) is 7.50. The Morgan fingerprint density at radius 3 is 2.58 bits per heavy atom. The molecular formula is C18H16N4O2. The molecule has 120 valence electrons. The van der Waals surface area contributed by atoms with Gasteiger partial charge in [-0.1, -0.05) is 12.1 Å². The van der Waals surface area contributed by atoms with Crippen LogP contribution in [0.2, 0.25) is 0 Å². The number of anilines is 1. The molecule has 1 aromatic carbocycles. The van der Waals surface area contributed by atoms with Gasteiger partial charge in [0.1, 0.15) is 23.2 Å². The smallest absolute Gasteiger partial charge is 0.168 e. The van der Waals surface area contributed by atoms with Gasteiger partial charge < -0.3 is 15.4 Å². The van der Waals surface area contributed by atoms with Crippen LogP contribution >= 0.6 is 0 Å². The number of nitrogen functional groups attached to an aromatic ring is 1. The molecule has 2 aromatic heterocycles. The van der Waals surface area contributed by atoms with Crippen molar-refractivity contribution in [2.45, 2.75) is 20.3 Å². The van der Waals surface area contributed by atoms with Crippen LogP contribution in [0.25, 0.3) is 22.6 Å². The number of benzene rings is 1. The summed E-state index contributed by atoms with van der Waals surface area (Å²) in [4.78, 5) is 4.37. The minimum Gasteiger partial charge on any atom is -0.508 e. The summed E-state index contributed by atoms with van der Waals surface area (Å²) >= 11 is 0. The van der Waals surface area contributed by atoms with E-state index in [2.05, 4.69) is 16.2 Å². The van der Waals surface area contributed by atoms with Crippen molar-refractivity contribution in [3.05, 3.63) is 47.2 Å². The van der Waals surface area contributed by atoms with Crippen LogP contribution < -0.4 is 5.73 Å². The second kappa shape index (κ2) is 6.05. The zero-order valence-electron chi connectivity index (χ0n) is 13.4. The summed E-state index contributed by atoms with van der Waals surface area (Å²) in [5.74, 6) is 0.798. The number of nitrogens with two attached hydrogens (primary N) is 1. The molecule has 0 aliphatic carbocycles. The Bertz CT molecular complexity index is 937. The van der Waals surface area contributed by atoms with Crippen LogP contribution in [0.15, 0.2) is 34.9 Å². The molecule has 0 saturated heterocycles. The Labute approximate surface area is 139 Å². The molecule has 0 amide bonds. The quantitative estimate of drug-likeness (QED) is 0.765. The topological polar surface area (TPSA) is 109 Å². The molecule has 0 fully saturated rings. The summed E-state index contributed by atoms with van der Waals surface area (Å²) in [7, 11) is 0. The summed E-state index contributed by atoms with van der Waals surface area (Å²) in [6.07, 6.45) is 0.732. The highest BCUT2D eigenvalue weighted by Gasteiger charge is 2.21. The first kappa shape index (κ1) is 15.6. The molecule has 0 atom stereocenters. The second-order valence-corrected chi connectivity index (χ2v) is 5.42. The molecule has 0 aliphatic rings. The molecule has 3 aromatic rings. The van der Waals surface area contributed by atoms with Crippen molar-refractivity contribution in [2.24, 2.45) is 0 Å². The zero-order chi connectivity index (χ0) is 17.3. The molecule has 2 heterocycles. The number of pyridine rings is 1. The molecule has 0 aliphatic heterocycles. The molecular weight excluding hydrogens is 304 g/mol. The molecule has 0 radical (unpaired) electrons. The largest absolute Gasteiger partial charge is 0.508 e. The number of nitrogens with zero attached hydrogens (tertiary/aromatic N) is 3. The van der Waals surface area contributed by atoms with Crippen molar-refractivity contribution in [2.75, 3.05) is 5.73 Å². The molecule has 0 bridgehead atoms. The lowest BCUT2D eigenvalue weighted by atomic mass is 9.96. The van der Waals surface area contributed by atoms with E-state index < -0.39 is 0 Å². The first-order valence-corrected chi connectivity index (χ1v) is 7.50. The number of phenols is 1. The predicted molar refractivity (Wildman–Crippen MR) is 90.1 cm³/mol. The third kappa shape index (κ3) is 2.57. The van der Waals surface area contributed by atoms with E-state index in [-0.39, 0.29) is 17.1 Å². The Morgan fingerprint density at radius 1 is 1.29 bits per heavy atom. The van der Waals surface area contributed by atoms with Gasteiger partial charge in [-0.25, -0.2) is 4.98 Å². The molecule has 3 rings (SSSR count). The normalized spacial score (nSPS) is 10.5. The fourth-order valence-electron chi connectivity index (χ4n) is 2.61. The van der Waals surface area contributed by atoms with E-state index in [1.54, 1.807) is 24.3 Å². The van der Waals surface area contributed by atoms with Crippen molar-refractivity contribution in [1.82, 2.24) is 10.1 Å². The molecule has 24 heavy (non-hydrogen) atoms. The van der Waals surface area contributed by atoms with E-state index in [1.807, 2.05) is 19.9 Å². The van der Waals surface area contributed by atoms with E-state index in [4.69, 9.17) is 10.3 Å². The number of hydrogen-bond donors (Lipinski definition) is 2. The highest BCUT2D eigenvalue weighted by atomic mass is 16.5. The van der Waals surface area contributed by atoms with E-state index >= 15 is 0 Å². The van der Waals surface area contributed by atoms with Gasteiger partial charge in [-0.15, -0.1) is 0 Å². The van der Waals surface area contributed by atoms with Crippen LogP contribution in [0.5, 0.6) is 5.75 Å². The number of aromatic nitrogens is 2. The highest BCUT2D eigenvalue weighted by Crippen LogP contribution is 2.36. The Hall–Kier alpha value is -3.33. The van der Waals surface area contributed by atoms with E-state index in [0.29, 0.717) is 17.0 Å². The van der Waals surface area contributed by atoms with Crippen LogP contribution in [-0.2, 0) is 6.42 Å². The molecule has 0 unspecified atom stereocenters. The summed E-state index contributed by atoms with van der Waals surface area (Å²) < 4.78 is 5.41. The van der Waals surface area contributed by atoms with Crippen molar-refractivity contribution in [3.8, 4) is 34.4 Å². The van der Waals surface area contributed by atoms with Crippen LogP contribution in [0.1, 0.15) is 23.7 Å². The fraction of sp³-hybridized carbons (Fsp3) is 0.167. The van der Waals surface area contributed by atoms with Crippen LogP contribution in [-0.4, -0.2) is 15.2 Å². The molecule has 6 heteroatoms. The third-order valence-electron chi connectivity index (χ3n) is 3.89. The molecule has 6 nitrogen and oxygen atoms in total. The van der Waals surface area contributed by atoms with Gasteiger partial charge in [0.25, 0.3) is 0 Å². The number of aromatic hydroxyl groups is 1. The lowest BCUT2D eigenvalue weighted by Crippen LogP contribution is -2.02. The molecule has 0 spiro atoms. The van der Waals surface area contributed by atoms with E-state index in [1.165, 1.54) is 0 Å². The maximum absolute atomic E-state index is 9.48. The van der Waals surface area contributed by atoms with Crippen molar-refractivity contribution >= 4 is 5.82 Å². The molecule has 3 N–H and O–H groups in total. The minimum absolute atomic E-state index is 0.135. The highest BCUT2D eigenvalue weighted by molar-refractivity contribution is 5.82. The van der Waals surface area contributed by atoms with E-state index in [0.717, 1.165) is 23.2 Å². The Balaban J connectivity index is 2.27. The number of rotatable bonds is 3. The van der Waals surface area contributed by atoms with Gasteiger partial charge in [0.05, 0.1) is 11.4 Å². The van der Waals surface area contributed by atoms with Crippen molar-refractivity contribution in [3.63, 3.8) is 0 Å². The van der Waals surface area contributed by atoms with Gasteiger partial charge in [0, 0.05) is 17.2 Å². The van der Waals surface area contributed by atoms with Gasteiger partial charge in [-0.2, -0.15) is 5.26 Å². The number of aryl methyl sites for hydroxylation is 1. The standard InChI is InChI=1S/C18H16N4O2/c1-3-12-8-15(24-22-12)16-10(2)17(21-18(20)14(16)9-19)11-4-6-13(23)7-5-11/h4-8,23H,3H2,1-2H3,(H2,20,21). The number of phenolic OH excluding ortho intramolecular Hbond substituents is 1. The number of hydrogen-bond acceptors (Lipinski definition) is 6.